The molecule has 0 spiro atoms. The fourth-order valence-corrected chi connectivity index (χ4v) is 11.1. The van der Waals surface area contributed by atoms with E-state index in [1.807, 2.05) is 19.9 Å². The molecule has 0 aromatic carbocycles. The molecule has 10 heteroatoms. The number of methoxy groups -OCH3 is 1. The second-order valence-corrected chi connectivity index (χ2v) is 19.8. The lowest BCUT2D eigenvalue weighted by molar-refractivity contribution is -0.143. The zero-order valence-electron chi connectivity index (χ0n) is 40.8. The number of allylic oxidation sites excluding steroid dienone is 4. The molecular formula is C54H78N4O6. The molecule has 5 N–H and O–H groups in total. The maximum Gasteiger partial charge on any atom is 0.320 e. The molecule has 2 fully saturated rings. The van der Waals surface area contributed by atoms with Gasteiger partial charge in [-0.05, 0) is 112 Å². The van der Waals surface area contributed by atoms with Crippen molar-refractivity contribution in [2.24, 2.45) is 41.4 Å². The van der Waals surface area contributed by atoms with Gasteiger partial charge in [0.2, 0.25) is 0 Å². The molecular weight excluding hydrogens is 801 g/mol. The number of hydrogen-bond acceptors (Lipinski definition) is 8. The molecule has 0 radical (unpaired) electrons. The normalized spacial score (nSPS) is 26.0. The van der Waals surface area contributed by atoms with Crippen LogP contribution in [0.5, 0.6) is 0 Å². The average Bonchev–Trinajstić information content (AvgIpc) is 4.00. The lowest BCUT2D eigenvalue weighted by atomic mass is 9.80. The second kappa shape index (κ2) is 21.5. The molecule has 1 aliphatic carbocycles. The number of Topliss-reactive ketones (excluding diaryl/α,β-unsaturated/α-hetero) is 1. The molecule has 8 bridgehead atoms. The lowest BCUT2D eigenvalue weighted by Gasteiger charge is -2.26. The third-order valence-corrected chi connectivity index (χ3v) is 15.2. The number of ether oxygens (including phenoxy) is 2. The highest BCUT2D eigenvalue weighted by Gasteiger charge is 2.47. The first-order valence-corrected chi connectivity index (χ1v) is 24.6. The third kappa shape index (κ3) is 10.5. The van der Waals surface area contributed by atoms with Crippen LogP contribution >= 0.6 is 0 Å². The van der Waals surface area contributed by atoms with E-state index in [1.54, 1.807) is 6.92 Å². The van der Waals surface area contributed by atoms with Crippen LogP contribution in [0.25, 0.3) is 29.6 Å². The smallest absolute Gasteiger partial charge is 0.320 e. The fraction of sp³-hybridized carbons (Fsp3) is 0.611. The maximum atomic E-state index is 13.7. The summed E-state index contributed by atoms with van der Waals surface area (Å²) in [5, 5.41) is 20.8. The summed E-state index contributed by atoms with van der Waals surface area (Å²) in [6.45, 7) is 21.5. The van der Waals surface area contributed by atoms with Gasteiger partial charge in [-0.2, -0.15) is 0 Å². The van der Waals surface area contributed by atoms with Crippen molar-refractivity contribution in [1.82, 2.24) is 20.6 Å². The van der Waals surface area contributed by atoms with Crippen LogP contribution in [0.3, 0.4) is 0 Å². The van der Waals surface area contributed by atoms with Gasteiger partial charge in [-0.15, -0.1) is 0 Å². The quantitative estimate of drug-likeness (QED) is 0.0383. The maximum absolute atomic E-state index is 13.7. The average molecular weight is 879 g/mol. The van der Waals surface area contributed by atoms with Crippen LogP contribution in [0, 0.1) is 55.3 Å². The number of aromatic nitrogens is 2. The Balaban J connectivity index is 1.23. The van der Waals surface area contributed by atoms with Crippen LogP contribution in [-0.4, -0.2) is 52.6 Å². The summed E-state index contributed by atoms with van der Waals surface area (Å²) in [5.41, 5.74) is 9.71. The minimum atomic E-state index is -1.02. The van der Waals surface area contributed by atoms with Gasteiger partial charge in [0.05, 0.1) is 24.2 Å². The van der Waals surface area contributed by atoms with Crippen molar-refractivity contribution in [3.63, 3.8) is 0 Å². The zero-order valence-corrected chi connectivity index (χ0v) is 40.8. The van der Waals surface area contributed by atoms with Crippen LogP contribution in [0.4, 0.5) is 0 Å². The summed E-state index contributed by atoms with van der Waals surface area (Å²) < 4.78 is 11.2. The Labute approximate surface area is 382 Å². The SMILES string of the molecule is CCCCC[C@@H](C)CCC[C@@H](C)CCC/C(C)=C/COC(=O)CC[C@@H]1C2N/C(=C\c3[nH]c(c(C(C)=O)c3C)/C=C3\N/C(=C\c4[nH]c5c(c4C)=C(O)[C@H](C(=O)OC)C=52)C(CC)[C@H]3C)[C@H]1C. The molecule has 64 heavy (non-hydrogen) atoms. The molecule has 2 unspecified atom stereocenters. The minimum Gasteiger partial charge on any atom is -0.510 e. The highest BCUT2D eigenvalue weighted by atomic mass is 16.5. The Hall–Kier alpha value is -4.73. The third-order valence-electron chi connectivity index (χ3n) is 15.2. The molecule has 2 aromatic heterocycles. The van der Waals surface area contributed by atoms with Crippen LogP contribution in [-0.2, 0) is 19.1 Å². The van der Waals surface area contributed by atoms with E-state index in [1.165, 1.54) is 64.0 Å². The van der Waals surface area contributed by atoms with Crippen LogP contribution in [0.1, 0.15) is 177 Å². The Morgan fingerprint density at radius 3 is 2.14 bits per heavy atom. The first-order valence-electron chi connectivity index (χ1n) is 24.6. The van der Waals surface area contributed by atoms with E-state index in [0.29, 0.717) is 28.1 Å². The van der Waals surface area contributed by atoms with Gasteiger partial charge in [-0.3, -0.25) is 14.4 Å². The standard InChI is InChI=1S/C54H78N4O6/c1-12-14-15-18-30(3)19-16-20-31(4)21-17-22-32(5)25-26-64-46(60)24-23-39-34(7)41-27-42-35(8)47(37(10)59)45(56-42)29-40-33(6)38(13-2)44(55-40)28-43-36(9)48-52(58-43)49(51(39)57-41)50(53(48)61)54(62)63-11/h25,27-31,33-34,38-39,50-51,55-58,61H,12-24,26H2,1-11H3/b32-25+,40-29-,41-27-,44-28-/t30-,31-,33-,34+,38?,39+,50-,51?/m1/s1. The number of ketones is 1. The van der Waals surface area contributed by atoms with E-state index in [-0.39, 0.29) is 54.2 Å². The Morgan fingerprint density at radius 2 is 1.47 bits per heavy atom. The monoisotopic (exact) mass is 879 g/mol. The Kier molecular flexibility index (Phi) is 16.4. The molecule has 4 aliphatic rings. The molecule has 3 aliphatic heterocycles. The highest BCUT2D eigenvalue weighted by Crippen LogP contribution is 2.43. The number of H-pyrrole nitrogens is 2. The fourth-order valence-electron chi connectivity index (χ4n) is 11.1. The summed E-state index contributed by atoms with van der Waals surface area (Å²) >= 11 is 0. The minimum absolute atomic E-state index is 0.0167. The lowest BCUT2D eigenvalue weighted by Crippen LogP contribution is -2.38. The largest absolute Gasteiger partial charge is 0.510 e. The summed E-state index contributed by atoms with van der Waals surface area (Å²) in [6, 6.07) is -0.437. The number of nitrogens with one attached hydrogen (secondary N) is 4. The molecule has 0 amide bonds. The number of esters is 2. The number of carbonyl (C=O) groups excluding carboxylic acids is 3. The molecule has 0 saturated carbocycles. The number of aromatic amines is 2. The molecule has 5 heterocycles. The summed E-state index contributed by atoms with van der Waals surface area (Å²) in [5.74, 6) is -0.201. The highest BCUT2D eigenvalue weighted by molar-refractivity contribution is 6.00. The second-order valence-electron chi connectivity index (χ2n) is 19.8. The van der Waals surface area contributed by atoms with Gasteiger partial charge >= 0.3 is 11.9 Å². The number of hydrogen-bond donors (Lipinski definition) is 5. The summed E-state index contributed by atoms with van der Waals surface area (Å²) in [4.78, 5) is 47.6. The van der Waals surface area contributed by atoms with Crippen LogP contribution < -0.4 is 21.2 Å². The summed E-state index contributed by atoms with van der Waals surface area (Å²) in [7, 11) is 1.35. The molecule has 8 atom stereocenters. The number of unbranched alkanes of at least 4 members (excludes halogenated alkanes) is 2. The number of rotatable bonds is 20. The molecule has 2 saturated heterocycles. The number of aliphatic hydroxyl groups is 1. The van der Waals surface area contributed by atoms with E-state index >= 15 is 0 Å². The van der Waals surface area contributed by atoms with Gasteiger partial charge in [0.1, 0.15) is 18.3 Å². The van der Waals surface area contributed by atoms with Crippen molar-refractivity contribution in [1.29, 1.82) is 0 Å². The van der Waals surface area contributed by atoms with E-state index in [0.717, 1.165) is 76.4 Å². The zero-order chi connectivity index (χ0) is 46.4. The summed E-state index contributed by atoms with van der Waals surface area (Å²) in [6.07, 6.45) is 22.6. The van der Waals surface area contributed by atoms with E-state index in [2.05, 4.69) is 87.3 Å². The van der Waals surface area contributed by atoms with Gasteiger partial charge in [-0.25, -0.2) is 0 Å². The first-order chi connectivity index (χ1) is 30.6. The molecule has 350 valence electrons. The molecule has 10 nitrogen and oxygen atoms in total. The van der Waals surface area contributed by atoms with Crippen molar-refractivity contribution < 1.29 is 29.0 Å². The van der Waals surface area contributed by atoms with Crippen molar-refractivity contribution in [2.45, 2.75) is 159 Å². The predicted octanol–water partition coefficient (Wildman–Crippen LogP) is 10.5. The van der Waals surface area contributed by atoms with Crippen LogP contribution in [0.15, 0.2) is 28.7 Å². The Bertz CT molecular complexity index is 2300. The number of aliphatic hydroxyl groups excluding tert-OH is 1. The van der Waals surface area contributed by atoms with E-state index in [9.17, 15) is 19.5 Å². The predicted molar refractivity (Wildman–Crippen MR) is 259 cm³/mol. The Morgan fingerprint density at radius 1 is 0.812 bits per heavy atom. The molecule has 2 aromatic rings. The van der Waals surface area contributed by atoms with Crippen molar-refractivity contribution in [3.05, 3.63) is 73.1 Å². The van der Waals surface area contributed by atoms with Gasteiger partial charge < -0.3 is 35.2 Å². The van der Waals surface area contributed by atoms with Gasteiger partial charge in [0.15, 0.2) is 5.78 Å². The van der Waals surface area contributed by atoms with Gasteiger partial charge in [0, 0.05) is 63.4 Å². The van der Waals surface area contributed by atoms with Crippen molar-refractivity contribution in [3.8, 4) is 0 Å². The van der Waals surface area contributed by atoms with Crippen LogP contribution in [0.2, 0.25) is 0 Å². The van der Waals surface area contributed by atoms with Crippen molar-refractivity contribution >= 4 is 47.3 Å². The van der Waals surface area contributed by atoms with Crippen molar-refractivity contribution in [2.75, 3.05) is 13.7 Å². The molecule has 6 rings (SSSR count). The first kappa shape index (κ1) is 48.7. The van der Waals surface area contributed by atoms with E-state index < -0.39 is 17.9 Å². The van der Waals surface area contributed by atoms with Gasteiger partial charge in [0.25, 0.3) is 0 Å². The van der Waals surface area contributed by atoms with E-state index in [4.69, 9.17) is 9.47 Å². The topological polar surface area (TPSA) is 146 Å². The number of carbonyl (C=O) groups is 3. The van der Waals surface area contributed by atoms with Gasteiger partial charge in [-0.1, -0.05) is 98.5 Å². The number of fused-ring (bicyclic) bond motifs is 8.